The monoisotopic (exact) mass is 569 g/mol. The standard InChI is InChI=1S/C24H35N5OS.HI/c1-19-17-29(12-13-30-19)22-9-8-20(15-26-22)16-27-23(25-2)28-18-24(10-4-3-5-11-24)21-7-6-14-31-21;/h6-9,14-15,19H,3-5,10-13,16-18H2,1-2H3,(H2,25,27,28);1H. The number of pyridine rings is 1. The number of thiophene rings is 1. The topological polar surface area (TPSA) is 61.8 Å². The van der Waals surface area contributed by atoms with Gasteiger partial charge in [-0.2, -0.15) is 0 Å². The van der Waals surface area contributed by atoms with E-state index in [2.05, 4.69) is 62.1 Å². The molecule has 1 saturated heterocycles. The number of guanidine groups is 1. The minimum absolute atomic E-state index is 0. The largest absolute Gasteiger partial charge is 0.375 e. The maximum absolute atomic E-state index is 5.63. The smallest absolute Gasteiger partial charge is 0.191 e. The van der Waals surface area contributed by atoms with Crippen LogP contribution in [-0.4, -0.2) is 50.3 Å². The van der Waals surface area contributed by atoms with E-state index in [0.717, 1.165) is 43.6 Å². The molecule has 0 amide bonds. The van der Waals surface area contributed by atoms with Crippen LogP contribution in [0.4, 0.5) is 5.82 Å². The van der Waals surface area contributed by atoms with Gasteiger partial charge >= 0.3 is 0 Å². The third-order valence-corrected chi connectivity index (χ3v) is 7.62. The summed E-state index contributed by atoms with van der Waals surface area (Å²) in [6.45, 7) is 6.31. The van der Waals surface area contributed by atoms with E-state index in [4.69, 9.17) is 4.74 Å². The van der Waals surface area contributed by atoms with Crippen LogP contribution in [0.3, 0.4) is 0 Å². The summed E-state index contributed by atoms with van der Waals surface area (Å²) >= 11 is 1.89. The maximum atomic E-state index is 5.63. The third-order valence-electron chi connectivity index (χ3n) is 6.51. The first-order chi connectivity index (χ1) is 15.2. The Morgan fingerprint density at radius 3 is 2.75 bits per heavy atom. The number of nitrogens with zero attached hydrogens (tertiary/aromatic N) is 3. The third kappa shape index (κ3) is 6.35. The summed E-state index contributed by atoms with van der Waals surface area (Å²) in [6.07, 6.45) is 8.70. The van der Waals surface area contributed by atoms with Crippen LogP contribution in [0.1, 0.15) is 49.5 Å². The van der Waals surface area contributed by atoms with Gasteiger partial charge in [-0.15, -0.1) is 35.3 Å². The zero-order valence-electron chi connectivity index (χ0n) is 19.2. The van der Waals surface area contributed by atoms with Gasteiger partial charge in [-0.1, -0.05) is 31.4 Å². The molecule has 1 unspecified atom stereocenters. The molecule has 8 heteroatoms. The predicted octanol–water partition coefficient (Wildman–Crippen LogP) is 4.55. The lowest BCUT2D eigenvalue weighted by molar-refractivity contribution is 0.0529. The molecule has 1 atom stereocenters. The normalized spacial score (nSPS) is 21.0. The van der Waals surface area contributed by atoms with Crippen molar-refractivity contribution >= 4 is 47.1 Å². The molecule has 1 aliphatic carbocycles. The van der Waals surface area contributed by atoms with Gasteiger partial charge in [-0.25, -0.2) is 4.98 Å². The van der Waals surface area contributed by atoms with Gasteiger partial charge in [0.05, 0.1) is 12.7 Å². The molecule has 0 spiro atoms. The number of rotatable bonds is 6. The van der Waals surface area contributed by atoms with Gasteiger partial charge in [0.25, 0.3) is 0 Å². The number of ether oxygens (including phenoxy) is 1. The molecule has 6 nitrogen and oxygen atoms in total. The number of aromatic nitrogens is 1. The Hall–Kier alpha value is -1.39. The second-order valence-electron chi connectivity index (χ2n) is 8.75. The van der Waals surface area contributed by atoms with E-state index in [9.17, 15) is 0 Å². The van der Waals surface area contributed by atoms with Gasteiger partial charge in [-0.3, -0.25) is 4.99 Å². The van der Waals surface area contributed by atoms with Crippen molar-refractivity contribution in [2.24, 2.45) is 4.99 Å². The highest BCUT2D eigenvalue weighted by atomic mass is 127. The number of hydrogen-bond donors (Lipinski definition) is 2. The van der Waals surface area contributed by atoms with Crippen LogP contribution in [0.15, 0.2) is 40.8 Å². The first kappa shape index (κ1) is 25.2. The average Bonchev–Trinajstić information content (AvgIpc) is 3.36. The molecule has 2 fully saturated rings. The summed E-state index contributed by atoms with van der Waals surface area (Å²) in [5, 5.41) is 9.27. The fraction of sp³-hybridized carbons (Fsp3) is 0.583. The van der Waals surface area contributed by atoms with Crippen LogP contribution in [-0.2, 0) is 16.7 Å². The quantitative estimate of drug-likeness (QED) is 0.304. The van der Waals surface area contributed by atoms with Crippen molar-refractivity contribution in [2.45, 2.75) is 57.1 Å². The van der Waals surface area contributed by atoms with Gasteiger partial charge in [0.15, 0.2) is 5.96 Å². The van der Waals surface area contributed by atoms with Crippen molar-refractivity contribution in [1.29, 1.82) is 0 Å². The van der Waals surface area contributed by atoms with E-state index >= 15 is 0 Å². The van der Waals surface area contributed by atoms with Crippen LogP contribution in [0.25, 0.3) is 0 Å². The number of morpholine rings is 1. The Morgan fingerprint density at radius 2 is 2.09 bits per heavy atom. The molecule has 1 aliphatic heterocycles. The molecule has 2 aromatic rings. The molecule has 176 valence electrons. The predicted molar refractivity (Wildman–Crippen MR) is 145 cm³/mol. The van der Waals surface area contributed by atoms with Gasteiger partial charge in [0.1, 0.15) is 5.82 Å². The van der Waals surface area contributed by atoms with Gasteiger partial charge in [0.2, 0.25) is 0 Å². The molecule has 0 bridgehead atoms. The lowest BCUT2D eigenvalue weighted by Gasteiger charge is -2.37. The Balaban J connectivity index is 0.00000289. The van der Waals surface area contributed by atoms with E-state index in [0.29, 0.717) is 6.54 Å². The molecule has 2 aromatic heterocycles. The van der Waals surface area contributed by atoms with Crippen molar-refractivity contribution < 1.29 is 4.74 Å². The van der Waals surface area contributed by atoms with Crippen LogP contribution < -0.4 is 15.5 Å². The highest BCUT2D eigenvalue weighted by Gasteiger charge is 2.34. The lowest BCUT2D eigenvalue weighted by Crippen LogP contribution is -2.46. The molecule has 1 saturated carbocycles. The van der Waals surface area contributed by atoms with E-state index < -0.39 is 0 Å². The van der Waals surface area contributed by atoms with Crippen molar-refractivity contribution in [3.63, 3.8) is 0 Å². The number of nitrogens with one attached hydrogen (secondary N) is 2. The van der Waals surface area contributed by atoms with Gasteiger partial charge in [-0.05, 0) is 42.8 Å². The molecule has 3 heterocycles. The van der Waals surface area contributed by atoms with E-state index in [1.54, 1.807) is 0 Å². The molecule has 0 radical (unpaired) electrons. The summed E-state index contributed by atoms with van der Waals surface area (Å²) in [7, 11) is 1.84. The van der Waals surface area contributed by atoms with Crippen molar-refractivity contribution in [3.05, 3.63) is 46.3 Å². The van der Waals surface area contributed by atoms with Crippen LogP contribution in [0, 0.1) is 0 Å². The summed E-state index contributed by atoms with van der Waals surface area (Å²) in [5.74, 6) is 1.88. The first-order valence-corrected chi connectivity index (χ1v) is 12.4. The summed E-state index contributed by atoms with van der Waals surface area (Å²) < 4.78 is 5.63. The SMILES string of the molecule is CN=C(NCc1ccc(N2CCOC(C)C2)nc1)NCC1(c2cccs2)CCCCC1.I. The first-order valence-electron chi connectivity index (χ1n) is 11.5. The maximum Gasteiger partial charge on any atom is 0.191 e. The van der Waals surface area contributed by atoms with Crippen LogP contribution in [0.2, 0.25) is 0 Å². The zero-order valence-corrected chi connectivity index (χ0v) is 22.3. The molecule has 2 N–H and O–H groups in total. The number of aliphatic imine (C=N–C) groups is 1. The zero-order chi connectivity index (χ0) is 21.5. The van der Waals surface area contributed by atoms with Crippen molar-refractivity contribution in [1.82, 2.24) is 15.6 Å². The van der Waals surface area contributed by atoms with Crippen molar-refractivity contribution in [2.75, 3.05) is 38.2 Å². The summed E-state index contributed by atoms with van der Waals surface area (Å²) in [6, 6.07) is 8.74. The fourth-order valence-corrected chi connectivity index (χ4v) is 5.70. The molecular formula is C24H36IN5OS. The Morgan fingerprint density at radius 1 is 1.25 bits per heavy atom. The highest BCUT2D eigenvalue weighted by Crippen LogP contribution is 2.41. The Kier molecular flexibility index (Phi) is 9.61. The average molecular weight is 570 g/mol. The van der Waals surface area contributed by atoms with E-state index in [1.165, 1.54) is 37.0 Å². The second-order valence-corrected chi connectivity index (χ2v) is 9.70. The van der Waals surface area contributed by atoms with E-state index in [-0.39, 0.29) is 35.5 Å². The Bertz CT molecular complexity index is 837. The summed E-state index contributed by atoms with van der Waals surface area (Å²) in [4.78, 5) is 12.9. The number of hydrogen-bond acceptors (Lipinski definition) is 5. The number of halogens is 1. The van der Waals surface area contributed by atoms with Crippen molar-refractivity contribution in [3.8, 4) is 0 Å². The number of anilines is 1. The molecule has 4 rings (SSSR count). The minimum atomic E-state index is 0. The lowest BCUT2D eigenvalue weighted by atomic mass is 9.73. The van der Waals surface area contributed by atoms with Crippen LogP contribution >= 0.6 is 35.3 Å². The van der Waals surface area contributed by atoms with E-state index in [1.807, 2.05) is 24.6 Å². The molecular weight excluding hydrogens is 533 g/mol. The summed E-state index contributed by atoms with van der Waals surface area (Å²) in [5.41, 5.74) is 1.39. The second kappa shape index (κ2) is 12.2. The highest BCUT2D eigenvalue weighted by molar-refractivity contribution is 14.0. The molecule has 2 aliphatic rings. The van der Waals surface area contributed by atoms with Gasteiger partial charge < -0.3 is 20.3 Å². The van der Waals surface area contributed by atoms with Gasteiger partial charge in [0, 0.05) is 49.7 Å². The Labute approximate surface area is 213 Å². The fourth-order valence-electron chi connectivity index (χ4n) is 4.71. The molecule has 32 heavy (non-hydrogen) atoms. The minimum Gasteiger partial charge on any atom is -0.375 e. The molecule has 0 aromatic carbocycles. The van der Waals surface area contributed by atoms with Crippen LogP contribution in [0.5, 0.6) is 0 Å².